The topological polar surface area (TPSA) is 35.5 Å². The molecule has 0 bridgehead atoms. The second kappa shape index (κ2) is 5.21. The minimum Gasteiger partial charge on any atom is -0.454 e. The molecule has 0 N–H and O–H groups in total. The lowest BCUT2D eigenvalue weighted by atomic mass is 10.1. The van der Waals surface area contributed by atoms with E-state index in [0.29, 0.717) is 17.1 Å². The lowest BCUT2D eigenvalue weighted by Crippen LogP contribution is -1.94. The number of hydrogen-bond acceptors (Lipinski definition) is 3. The molecule has 3 nitrogen and oxygen atoms in total. The molecule has 0 unspecified atom stereocenters. The van der Waals surface area contributed by atoms with Crippen molar-refractivity contribution in [1.29, 1.82) is 0 Å². The summed E-state index contributed by atoms with van der Waals surface area (Å²) in [5, 5.41) is 0. The number of ether oxygens (including phenoxy) is 2. The molecule has 0 saturated heterocycles. The van der Waals surface area contributed by atoms with E-state index in [9.17, 15) is 4.79 Å². The summed E-state index contributed by atoms with van der Waals surface area (Å²) < 4.78 is 10.5. The Balaban J connectivity index is 1.79. The monoisotopic (exact) mass is 266 g/mol. The van der Waals surface area contributed by atoms with Gasteiger partial charge in [0.25, 0.3) is 0 Å². The molecule has 0 atom stereocenters. The lowest BCUT2D eigenvalue weighted by molar-refractivity contribution is 0.104. The van der Waals surface area contributed by atoms with E-state index < -0.39 is 0 Å². The second-order valence-corrected chi connectivity index (χ2v) is 4.68. The van der Waals surface area contributed by atoms with Gasteiger partial charge in [0.2, 0.25) is 6.79 Å². The van der Waals surface area contributed by atoms with Crippen LogP contribution in [0.5, 0.6) is 11.5 Å². The number of ketones is 1. The van der Waals surface area contributed by atoms with Crippen molar-refractivity contribution in [2.75, 3.05) is 6.79 Å². The number of aryl methyl sites for hydroxylation is 1. The van der Waals surface area contributed by atoms with Crippen molar-refractivity contribution in [3.8, 4) is 11.5 Å². The van der Waals surface area contributed by atoms with Gasteiger partial charge >= 0.3 is 0 Å². The normalized spacial score (nSPS) is 12.8. The highest BCUT2D eigenvalue weighted by atomic mass is 16.7. The molecule has 3 heteroatoms. The third-order valence-corrected chi connectivity index (χ3v) is 3.13. The van der Waals surface area contributed by atoms with Crippen LogP contribution in [0.3, 0.4) is 0 Å². The molecule has 20 heavy (non-hydrogen) atoms. The van der Waals surface area contributed by atoms with Gasteiger partial charge in [0.1, 0.15) is 0 Å². The van der Waals surface area contributed by atoms with Gasteiger partial charge in [0, 0.05) is 5.56 Å². The van der Waals surface area contributed by atoms with Gasteiger partial charge in [-0.15, -0.1) is 0 Å². The number of benzene rings is 2. The van der Waals surface area contributed by atoms with Crippen molar-refractivity contribution in [3.05, 3.63) is 65.2 Å². The summed E-state index contributed by atoms with van der Waals surface area (Å²) >= 11 is 0. The quantitative estimate of drug-likeness (QED) is 0.628. The fourth-order valence-corrected chi connectivity index (χ4v) is 2.09. The molecule has 0 spiro atoms. The van der Waals surface area contributed by atoms with Crippen molar-refractivity contribution in [3.63, 3.8) is 0 Å². The van der Waals surface area contributed by atoms with E-state index in [1.54, 1.807) is 24.3 Å². The summed E-state index contributed by atoms with van der Waals surface area (Å²) in [6.07, 6.45) is 3.40. The molecule has 100 valence electrons. The Labute approximate surface area is 117 Å². The Kier molecular flexibility index (Phi) is 3.25. The third kappa shape index (κ3) is 2.57. The summed E-state index contributed by atoms with van der Waals surface area (Å²) in [7, 11) is 0. The van der Waals surface area contributed by atoms with Crippen LogP contribution < -0.4 is 9.47 Å². The van der Waals surface area contributed by atoms with Crippen LogP contribution in [0.15, 0.2) is 48.5 Å². The van der Waals surface area contributed by atoms with Crippen LogP contribution in [0.4, 0.5) is 0 Å². The molecule has 0 saturated carbocycles. The maximum atomic E-state index is 12.1. The van der Waals surface area contributed by atoms with Gasteiger partial charge in [0.15, 0.2) is 17.3 Å². The first-order valence-electron chi connectivity index (χ1n) is 6.41. The highest BCUT2D eigenvalue weighted by Gasteiger charge is 2.14. The van der Waals surface area contributed by atoms with E-state index in [2.05, 4.69) is 0 Å². The van der Waals surface area contributed by atoms with Crippen molar-refractivity contribution in [1.82, 2.24) is 0 Å². The number of fused-ring (bicyclic) bond motifs is 1. The standard InChI is InChI=1S/C17H14O3/c1-12-3-2-4-13(9-12)5-7-15(18)14-6-8-16-17(10-14)20-11-19-16/h2-10H,11H2,1H3. The minimum atomic E-state index is -0.0511. The Morgan fingerprint density at radius 3 is 2.80 bits per heavy atom. The maximum Gasteiger partial charge on any atom is 0.231 e. The average Bonchev–Trinajstić information content (AvgIpc) is 2.92. The Morgan fingerprint density at radius 1 is 1.10 bits per heavy atom. The van der Waals surface area contributed by atoms with E-state index in [4.69, 9.17) is 9.47 Å². The number of carbonyl (C=O) groups excluding carboxylic acids is 1. The fourth-order valence-electron chi connectivity index (χ4n) is 2.09. The summed E-state index contributed by atoms with van der Waals surface area (Å²) in [6.45, 7) is 2.24. The lowest BCUT2D eigenvalue weighted by Gasteiger charge is -1.99. The van der Waals surface area contributed by atoms with Crippen LogP contribution in [-0.2, 0) is 0 Å². The van der Waals surface area contributed by atoms with Gasteiger partial charge in [-0.1, -0.05) is 35.9 Å². The predicted octanol–water partition coefficient (Wildman–Crippen LogP) is 3.62. The molecule has 3 rings (SSSR count). The molecule has 0 fully saturated rings. The van der Waals surface area contributed by atoms with E-state index in [1.165, 1.54) is 5.56 Å². The zero-order chi connectivity index (χ0) is 13.9. The van der Waals surface area contributed by atoms with E-state index >= 15 is 0 Å². The largest absolute Gasteiger partial charge is 0.454 e. The first kappa shape index (κ1) is 12.5. The van der Waals surface area contributed by atoms with Crippen LogP contribution >= 0.6 is 0 Å². The van der Waals surface area contributed by atoms with Crippen LogP contribution in [0.1, 0.15) is 21.5 Å². The number of allylic oxidation sites excluding steroid dienone is 1. The van der Waals surface area contributed by atoms with Gasteiger partial charge in [0.05, 0.1) is 0 Å². The molecular weight excluding hydrogens is 252 g/mol. The molecule has 0 amide bonds. The molecular formula is C17H14O3. The van der Waals surface area contributed by atoms with E-state index in [-0.39, 0.29) is 12.6 Å². The number of carbonyl (C=O) groups is 1. The van der Waals surface area contributed by atoms with Crippen LogP contribution in [0, 0.1) is 6.92 Å². The van der Waals surface area contributed by atoms with Crippen molar-refractivity contribution < 1.29 is 14.3 Å². The number of hydrogen-bond donors (Lipinski definition) is 0. The highest BCUT2D eigenvalue weighted by molar-refractivity contribution is 6.07. The highest BCUT2D eigenvalue weighted by Crippen LogP contribution is 2.32. The zero-order valence-electron chi connectivity index (χ0n) is 11.1. The minimum absolute atomic E-state index is 0.0511. The molecule has 1 aliphatic heterocycles. The zero-order valence-corrected chi connectivity index (χ0v) is 11.1. The Bertz CT molecular complexity index is 686. The summed E-state index contributed by atoms with van der Waals surface area (Å²) in [4.78, 5) is 12.1. The average molecular weight is 266 g/mol. The number of rotatable bonds is 3. The molecule has 1 heterocycles. The van der Waals surface area contributed by atoms with Crippen LogP contribution in [0.2, 0.25) is 0 Å². The molecule has 1 aliphatic rings. The summed E-state index contributed by atoms with van der Waals surface area (Å²) in [5.41, 5.74) is 2.78. The maximum absolute atomic E-state index is 12.1. The molecule has 0 aliphatic carbocycles. The van der Waals surface area contributed by atoms with Gasteiger partial charge < -0.3 is 9.47 Å². The van der Waals surface area contributed by atoms with Crippen LogP contribution in [0.25, 0.3) is 6.08 Å². The van der Waals surface area contributed by atoms with Gasteiger partial charge in [-0.25, -0.2) is 0 Å². The Morgan fingerprint density at radius 2 is 1.95 bits per heavy atom. The third-order valence-electron chi connectivity index (χ3n) is 3.13. The second-order valence-electron chi connectivity index (χ2n) is 4.68. The SMILES string of the molecule is Cc1cccc(C=CC(=O)c2ccc3c(c2)OCO3)c1. The summed E-state index contributed by atoms with van der Waals surface area (Å²) in [5.74, 6) is 1.26. The predicted molar refractivity (Wildman–Crippen MR) is 77.1 cm³/mol. The first-order valence-corrected chi connectivity index (χ1v) is 6.41. The van der Waals surface area contributed by atoms with E-state index in [1.807, 2.05) is 37.3 Å². The molecule has 2 aromatic rings. The fraction of sp³-hybridized carbons (Fsp3) is 0.118. The molecule has 0 radical (unpaired) electrons. The van der Waals surface area contributed by atoms with Crippen molar-refractivity contribution >= 4 is 11.9 Å². The van der Waals surface area contributed by atoms with E-state index in [0.717, 1.165) is 5.56 Å². The van der Waals surface area contributed by atoms with Crippen LogP contribution in [-0.4, -0.2) is 12.6 Å². The van der Waals surface area contributed by atoms with Crippen molar-refractivity contribution in [2.24, 2.45) is 0 Å². The Hall–Kier alpha value is -2.55. The first-order chi connectivity index (χ1) is 9.72. The van der Waals surface area contributed by atoms with Gasteiger partial charge in [-0.05, 0) is 36.8 Å². The summed E-state index contributed by atoms with van der Waals surface area (Å²) in [6, 6.07) is 13.2. The molecule has 2 aromatic carbocycles. The van der Waals surface area contributed by atoms with Gasteiger partial charge in [-0.2, -0.15) is 0 Å². The molecule has 0 aromatic heterocycles. The van der Waals surface area contributed by atoms with Gasteiger partial charge in [-0.3, -0.25) is 4.79 Å². The van der Waals surface area contributed by atoms with Crippen molar-refractivity contribution in [2.45, 2.75) is 6.92 Å². The smallest absolute Gasteiger partial charge is 0.231 e.